The van der Waals surface area contributed by atoms with Crippen molar-refractivity contribution in [1.82, 2.24) is 4.90 Å². The molecule has 0 aromatic heterocycles. The topological polar surface area (TPSA) is 52.7 Å². The first-order valence-corrected chi connectivity index (χ1v) is 8.33. The number of hydrogen-bond acceptors (Lipinski definition) is 3. The number of aryl methyl sites for hydroxylation is 1. The first-order valence-electron chi connectivity index (χ1n) is 8.33. The highest BCUT2D eigenvalue weighted by Gasteiger charge is 2.15. The molecule has 5 heteroatoms. The quantitative estimate of drug-likeness (QED) is 0.880. The summed E-state index contributed by atoms with van der Waals surface area (Å²) in [7, 11) is 5.52. The van der Waals surface area contributed by atoms with Crippen LogP contribution >= 0.6 is 0 Å². The van der Waals surface area contributed by atoms with Crippen LogP contribution in [0.4, 0.5) is 11.4 Å². The van der Waals surface area contributed by atoms with E-state index in [-0.39, 0.29) is 18.4 Å². The van der Waals surface area contributed by atoms with Crippen LogP contribution in [0.15, 0.2) is 48.5 Å². The van der Waals surface area contributed by atoms with Gasteiger partial charge in [0.25, 0.3) is 5.91 Å². The first-order chi connectivity index (χ1) is 11.9. The highest BCUT2D eigenvalue weighted by atomic mass is 16.2. The van der Waals surface area contributed by atoms with Gasteiger partial charge in [0.1, 0.15) is 0 Å². The Morgan fingerprint density at radius 2 is 1.60 bits per heavy atom. The molecule has 0 spiro atoms. The maximum Gasteiger partial charge on any atom is 0.254 e. The van der Waals surface area contributed by atoms with Crippen LogP contribution in [0.5, 0.6) is 0 Å². The molecule has 132 valence electrons. The number of rotatable bonds is 6. The molecule has 2 aromatic rings. The molecule has 0 bridgehead atoms. The van der Waals surface area contributed by atoms with Crippen molar-refractivity contribution in [3.05, 3.63) is 59.7 Å². The van der Waals surface area contributed by atoms with E-state index < -0.39 is 0 Å². The van der Waals surface area contributed by atoms with Crippen LogP contribution < -0.4 is 10.2 Å². The molecule has 0 atom stereocenters. The van der Waals surface area contributed by atoms with Gasteiger partial charge in [0.05, 0.1) is 6.54 Å². The van der Waals surface area contributed by atoms with Crippen molar-refractivity contribution in [2.24, 2.45) is 0 Å². The maximum atomic E-state index is 12.5. The summed E-state index contributed by atoms with van der Waals surface area (Å²) >= 11 is 0. The third-order valence-electron chi connectivity index (χ3n) is 4.03. The molecule has 2 amide bonds. The number of para-hydroxylation sites is 1. The van der Waals surface area contributed by atoms with Crippen molar-refractivity contribution >= 4 is 23.2 Å². The molecular formula is C20H25N3O2. The third-order valence-corrected chi connectivity index (χ3v) is 4.03. The molecule has 0 fully saturated rings. The molecule has 0 heterocycles. The Morgan fingerprint density at radius 3 is 2.20 bits per heavy atom. The first kappa shape index (κ1) is 18.5. The van der Waals surface area contributed by atoms with E-state index in [0.717, 1.165) is 23.4 Å². The van der Waals surface area contributed by atoms with E-state index in [1.165, 1.54) is 4.90 Å². The van der Waals surface area contributed by atoms with Gasteiger partial charge >= 0.3 is 0 Å². The van der Waals surface area contributed by atoms with Crippen LogP contribution in [0.3, 0.4) is 0 Å². The van der Waals surface area contributed by atoms with E-state index in [4.69, 9.17) is 0 Å². The highest BCUT2D eigenvalue weighted by molar-refractivity contribution is 5.99. The molecule has 0 saturated heterocycles. The molecular weight excluding hydrogens is 314 g/mol. The van der Waals surface area contributed by atoms with Crippen molar-refractivity contribution in [3.63, 3.8) is 0 Å². The predicted molar refractivity (Wildman–Crippen MR) is 102 cm³/mol. The molecule has 5 nitrogen and oxygen atoms in total. The van der Waals surface area contributed by atoms with Crippen molar-refractivity contribution < 1.29 is 9.59 Å². The Hall–Kier alpha value is -2.82. The van der Waals surface area contributed by atoms with Crippen molar-refractivity contribution in [2.75, 3.05) is 37.9 Å². The summed E-state index contributed by atoms with van der Waals surface area (Å²) < 4.78 is 0. The summed E-state index contributed by atoms with van der Waals surface area (Å²) in [6, 6.07) is 15.0. The van der Waals surface area contributed by atoms with Gasteiger partial charge in [-0.15, -0.1) is 0 Å². The zero-order chi connectivity index (χ0) is 18.4. The minimum Gasteiger partial charge on any atom is -0.378 e. The number of carbonyl (C=O) groups excluding carboxylic acids is 2. The van der Waals surface area contributed by atoms with Crippen LogP contribution in [0.2, 0.25) is 0 Å². The molecule has 0 aliphatic rings. The van der Waals surface area contributed by atoms with Gasteiger partial charge in [-0.25, -0.2) is 0 Å². The van der Waals surface area contributed by atoms with E-state index in [1.54, 1.807) is 19.2 Å². The van der Waals surface area contributed by atoms with Crippen molar-refractivity contribution in [3.8, 4) is 0 Å². The fraction of sp³-hybridized carbons (Fsp3) is 0.300. The average molecular weight is 339 g/mol. The van der Waals surface area contributed by atoms with Crippen molar-refractivity contribution in [2.45, 2.75) is 13.3 Å². The Bertz CT molecular complexity index is 739. The molecule has 0 aliphatic heterocycles. The number of likely N-dealkylation sites (N-methyl/N-ethyl adjacent to an activating group) is 1. The Kier molecular flexibility index (Phi) is 6.17. The third kappa shape index (κ3) is 4.83. The second kappa shape index (κ2) is 8.33. The molecule has 0 unspecified atom stereocenters. The van der Waals surface area contributed by atoms with E-state index in [1.807, 2.05) is 62.3 Å². The lowest BCUT2D eigenvalue weighted by Crippen LogP contribution is -2.35. The fourth-order valence-corrected chi connectivity index (χ4v) is 2.55. The molecule has 0 aliphatic carbocycles. The van der Waals surface area contributed by atoms with E-state index in [0.29, 0.717) is 5.56 Å². The zero-order valence-corrected chi connectivity index (χ0v) is 15.2. The minimum atomic E-state index is -0.207. The second-order valence-electron chi connectivity index (χ2n) is 6.16. The van der Waals surface area contributed by atoms with Crippen LogP contribution in [0.1, 0.15) is 22.8 Å². The Balaban J connectivity index is 1.99. The lowest BCUT2D eigenvalue weighted by Gasteiger charge is -2.18. The van der Waals surface area contributed by atoms with Gasteiger partial charge in [0, 0.05) is 38.1 Å². The van der Waals surface area contributed by atoms with E-state index in [2.05, 4.69) is 5.32 Å². The number of anilines is 2. The SMILES string of the molecule is CCc1ccccc1NC(=O)CN(C)C(=O)c1ccc(N(C)C)cc1. The number of benzene rings is 2. The number of nitrogens with one attached hydrogen (secondary N) is 1. The number of nitrogens with zero attached hydrogens (tertiary/aromatic N) is 2. The van der Waals surface area contributed by atoms with Gasteiger partial charge in [0.2, 0.25) is 5.91 Å². The summed E-state index contributed by atoms with van der Waals surface area (Å²) in [6.07, 6.45) is 0.837. The van der Waals surface area contributed by atoms with Gasteiger partial charge in [0.15, 0.2) is 0 Å². The average Bonchev–Trinajstić information content (AvgIpc) is 2.61. The summed E-state index contributed by atoms with van der Waals surface area (Å²) in [6.45, 7) is 2.05. The van der Waals surface area contributed by atoms with Gasteiger partial charge in [-0.1, -0.05) is 25.1 Å². The fourth-order valence-electron chi connectivity index (χ4n) is 2.55. The smallest absolute Gasteiger partial charge is 0.254 e. The molecule has 2 aromatic carbocycles. The minimum absolute atomic E-state index is 0.00626. The molecule has 0 radical (unpaired) electrons. The molecule has 2 rings (SSSR count). The monoisotopic (exact) mass is 339 g/mol. The summed E-state index contributed by atoms with van der Waals surface area (Å²) in [5, 5.41) is 2.88. The van der Waals surface area contributed by atoms with Crippen LogP contribution in [-0.4, -0.2) is 44.4 Å². The van der Waals surface area contributed by atoms with Crippen LogP contribution in [0.25, 0.3) is 0 Å². The van der Waals surface area contributed by atoms with E-state index in [9.17, 15) is 9.59 Å². The Morgan fingerprint density at radius 1 is 0.960 bits per heavy atom. The number of amides is 2. The Labute approximate surface area is 149 Å². The lowest BCUT2D eigenvalue weighted by molar-refractivity contribution is -0.116. The number of carbonyl (C=O) groups is 2. The summed E-state index contributed by atoms with van der Waals surface area (Å²) in [5.74, 6) is -0.383. The van der Waals surface area contributed by atoms with Gasteiger partial charge in [-0.2, -0.15) is 0 Å². The largest absolute Gasteiger partial charge is 0.378 e. The van der Waals surface area contributed by atoms with Crippen molar-refractivity contribution in [1.29, 1.82) is 0 Å². The molecule has 1 N–H and O–H groups in total. The maximum absolute atomic E-state index is 12.5. The normalized spacial score (nSPS) is 10.2. The van der Waals surface area contributed by atoms with Gasteiger partial charge in [-0.05, 0) is 42.3 Å². The van der Waals surface area contributed by atoms with Crippen LogP contribution in [0, 0.1) is 0 Å². The molecule has 0 saturated carbocycles. The summed E-state index contributed by atoms with van der Waals surface area (Å²) in [5.41, 5.74) is 3.46. The van der Waals surface area contributed by atoms with Gasteiger partial charge < -0.3 is 15.1 Å². The predicted octanol–water partition coefficient (Wildman–Crippen LogP) is 3.03. The van der Waals surface area contributed by atoms with Crippen LogP contribution in [-0.2, 0) is 11.2 Å². The lowest BCUT2D eigenvalue weighted by atomic mass is 10.1. The molecule has 25 heavy (non-hydrogen) atoms. The summed E-state index contributed by atoms with van der Waals surface area (Å²) in [4.78, 5) is 28.1. The number of hydrogen-bond donors (Lipinski definition) is 1. The van der Waals surface area contributed by atoms with Gasteiger partial charge in [-0.3, -0.25) is 9.59 Å². The standard InChI is InChI=1S/C20H25N3O2/c1-5-15-8-6-7-9-18(15)21-19(24)14-23(4)20(25)16-10-12-17(13-11-16)22(2)3/h6-13H,5,14H2,1-4H3,(H,21,24). The van der Waals surface area contributed by atoms with E-state index >= 15 is 0 Å². The highest BCUT2D eigenvalue weighted by Crippen LogP contribution is 2.16. The second-order valence-corrected chi connectivity index (χ2v) is 6.16. The zero-order valence-electron chi connectivity index (χ0n) is 15.2.